The molecule has 0 saturated heterocycles. The zero-order chi connectivity index (χ0) is 14.4. The molecule has 2 aromatic rings. The molecule has 1 aliphatic carbocycles. The van der Waals surface area contributed by atoms with Crippen LogP contribution in [0, 0.1) is 0 Å². The highest BCUT2D eigenvalue weighted by molar-refractivity contribution is 9.13. The third kappa shape index (κ3) is 2.25. The van der Waals surface area contributed by atoms with Crippen LogP contribution in [0.15, 0.2) is 60.7 Å². The van der Waals surface area contributed by atoms with Gasteiger partial charge >= 0.3 is 0 Å². The lowest BCUT2D eigenvalue weighted by molar-refractivity contribution is 0.564. The molecular weight excluding hydrogens is 394 g/mol. The molecule has 4 heteroatoms. The average Bonchev–Trinajstić information content (AvgIpc) is 2.95. The summed E-state index contributed by atoms with van der Waals surface area (Å²) >= 11 is 7.15. The number of furan rings is 1. The van der Waals surface area contributed by atoms with E-state index >= 15 is 0 Å². The van der Waals surface area contributed by atoms with Gasteiger partial charge < -0.3 is 4.42 Å². The van der Waals surface area contributed by atoms with Gasteiger partial charge in [-0.2, -0.15) is 0 Å². The zero-order valence-corrected chi connectivity index (χ0v) is 14.4. The van der Waals surface area contributed by atoms with Crippen LogP contribution >= 0.6 is 31.9 Å². The van der Waals surface area contributed by atoms with Crippen molar-refractivity contribution in [3.63, 3.8) is 0 Å². The lowest BCUT2D eigenvalue weighted by Crippen LogP contribution is -2.19. The van der Waals surface area contributed by atoms with E-state index in [-0.39, 0.29) is 5.92 Å². The summed E-state index contributed by atoms with van der Waals surface area (Å²) in [7, 11) is 0. The molecule has 0 radical (unpaired) electrons. The molecule has 4 rings (SSSR count). The Labute approximate surface area is 140 Å². The van der Waals surface area contributed by atoms with Crippen molar-refractivity contribution < 1.29 is 4.42 Å². The minimum Gasteiger partial charge on any atom is -0.470 e. The van der Waals surface area contributed by atoms with Gasteiger partial charge in [-0.15, -0.1) is 0 Å². The van der Waals surface area contributed by atoms with Gasteiger partial charge in [0.15, 0.2) is 0 Å². The van der Waals surface area contributed by atoms with Crippen LogP contribution in [-0.4, -0.2) is 5.71 Å². The molecular formula is C17H13Br2NO. The molecule has 2 nitrogen and oxygen atoms in total. The standard InChI is InChI=1S/C17H13Br2NO/c18-13-6-5-10(7-14(13)19)17-11-3-1-2-4-15(11)20-16-9-21-8-12(16)17/h3,5-9,17H,1-2,4H2. The molecule has 1 aromatic heterocycles. The Morgan fingerprint density at radius 2 is 2.05 bits per heavy atom. The predicted molar refractivity (Wildman–Crippen MR) is 91.4 cm³/mol. The van der Waals surface area contributed by atoms with Crippen molar-refractivity contribution in [2.75, 3.05) is 0 Å². The highest BCUT2D eigenvalue weighted by Gasteiger charge is 2.31. The number of fused-ring (bicyclic) bond motifs is 2. The Bertz CT molecular complexity index is 773. The van der Waals surface area contributed by atoms with Crippen molar-refractivity contribution in [3.8, 4) is 0 Å². The maximum atomic E-state index is 5.42. The van der Waals surface area contributed by atoms with E-state index in [0.717, 1.165) is 27.5 Å². The summed E-state index contributed by atoms with van der Waals surface area (Å²) in [6.07, 6.45) is 9.33. The van der Waals surface area contributed by atoms with Gasteiger partial charge in [-0.3, -0.25) is 0 Å². The predicted octanol–water partition coefficient (Wildman–Crippen LogP) is 6.13. The summed E-state index contributed by atoms with van der Waals surface area (Å²) in [6, 6.07) is 6.45. The highest BCUT2D eigenvalue weighted by atomic mass is 79.9. The van der Waals surface area contributed by atoms with E-state index in [4.69, 9.17) is 9.41 Å². The number of allylic oxidation sites excluding steroid dienone is 2. The normalized spacial score (nSPS) is 20.4. The van der Waals surface area contributed by atoms with E-state index in [9.17, 15) is 0 Å². The molecule has 2 aliphatic rings. The van der Waals surface area contributed by atoms with Crippen molar-refractivity contribution in [3.05, 3.63) is 62.4 Å². The second kappa shape index (κ2) is 5.25. The average molecular weight is 407 g/mol. The Morgan fingerprint density at radius 1 is 1.14 bits per heavy atom. The van der Waals surface area contributed by atoms with Crippen molar-refractivity contribution >= 4 is 43.3 Å². The van der Waals surface area contributed by atoms with Crippen LogP contribution in [0.2, 0.25) is 0 Å². The maximum absolute atomic E-state index is 5.42. The molecule has 0 bridgehead atoms. The fourth-order valence-corrected chi connectivity index (χ4v) is 3.81. The Hall–Kier alpha value is -1.13. The quantitative estimate of drug-likeness (QED) is 0.558. The van der Waals surface area contributed by atoms with Crippen LogP contribution in [0.5, 0.6) is 0 Å². The maximum Gasteiger partial charge on any atom is 0.116 e. The van der Waals surface area contributed by atoms with Gasteiger partial charge in [0, 0.05) is 26.1 Å². The Kier molecular flexibility index (Phi) is 3.38. The van der Waals surface area contributed by atoms with Crippen molar-refractivity contribution in [1.29, 1.82) is 0 Å². The number of benzene rings is 1. The third-order valence-electron chi connectivity index (χ3n) is 4.14. The zero-order valence-electron chi connectivity index (χ0n) is 11.3. The number of rotatable bonds is 1. The first-order chi connectivity index (χ1) is 10.2. The SMILES string of the molecule is Brc1ccc(C2C3=CCCCC3=Nc3cocc32)cc1Br. The molecule has 1 unspecified atom stereocenters. The van der Waals surface area contributed by atoms with Gasteiger partial charge in [0.25, 0.3) is 0 Å². The molecule has 21 heavy (non-hydrogen) atoms. The molecule has 0 amide bonds. The molecule has 0 fully saturated rings. The topological polar surface area (TPSA) is 25.5 Å². The first-order valence-electron chi connectivity index (χ1n) is 7.03. The lowest BCUT2D eigenvalue weighted by Gasteiger charge is -2.28. The van der Waals surface area contributed by atoms with Crippen molar-refractivity contribution in [2.24, 2.45) is 4.99 Å². The first-order valence-corrected chi connectivity index (χ1v) is 8.61. The van der Waals surface area contributed by atoms with E-state index in [1.54, 1.807) is 6.26 Å². The van der Waals surface area contributed by atoms with Crippen LogP contribution < -0.4 is 0 Å². The summed E-state index contributed by atoms with van der Waals surface area (Å²) in [5.74, 6) is 0.232. The van der Waals surface area contributed by atoms with Crippen LogP contribution in [0.3, 0.4) is 0 Å². The molecule has 0 saturated carbocycles. The summed E-state index contributed by atoms with van der Waals surface area (Å²) < 4.78 is 7.57. The second-order valence-electron chi connectivity index (χ2n) is 5.43. The van der Waals surface area contributed by atoms with Gasteiger partial charge in [-0.1, -0.05) is 12.1 Å². The fourth-order valence-electron chi connectivity index (χ4n) is 3.17. The highest BCUT2D eigenvalue weighted by Crippen LogP contribution is 2.45. The number of aliphatic imine (C=N–C) groups is 1. The lowest BCUT2D eigenvalue weighted by atomic mass is 9.78. The first kappa shape index (κ1) is 13.5. The van der Waals surface area contributed by atoms with Crippen LogP contribution in [0.25, 0.3) is 0 Å². The smallest absolute Gasteiger partial charge is 0.116 e. The number of hydrogen-bond acceptors (Lipinski definition) is 2. The Balaban J connectivity index is 1.91. The Morgan fingerprint density at radius 3 is 2.90 bits per heavy atom. The summed E-state index contributed by atoms with van der Waals surface area (Å²) in [6.45, 7) is 0. The third-order valence-corrected chi connectivity index (χ3v) is 6.02. The van der Waals surface area contributed by atoms with Crippen LogP contribution in [-0.2, 0) is 0 Å². The molecule has 1 aliphatic heterocycles. The molecule has 0 N–H and O–H groups in total. The second-order valence-corrected chi connectivity index (χ2v) is 7.14. The van der Waals surface area contributed by atoms with Crippen LogP contribution in [0.1, 0.15) is 36.3 Å². The molecule has 0 spiro atoms. The molecule has 2 heterocycles. The number of nitrogens with zero attached hydrogens (tertiary/aromatic N) is 1. The molecule has 106 valence electrons. The van der Waals surface area contributed by atoms with Gasteiger partial charge in [0.05, 0.1) is 6.26 Å². The van der Waals surface area contributed by atoms with Gasteiger partial charge in [-0.25, -0.2) is 4.99 Å². The number of halogens is 2. The minimum absolute atomic E-state index is 0.232. The monoisotopic (exact) mass is 405 g/mol. The van der Waals surface area contributed by atoms with Crippen molar-refractivity contribution in [2.45, 2.75) is 25.2 Å². The minimum atomic E-state index is 0.232. The van der Waals surface area contributed by atoms with Gasteiger partial charge in [0.2, 0.25) is 0 Å². The molecule has 1 aromatic carbocycles. The van der Waals surface area contributed by atoms with E-state index < -0.39 is 0 Å². The van der Waals surface area contributed by atoms with E-state index in [1.807, 2.05) is 6.26 Å². The summed E-state index contributed by atoms with van der Waals surface area (Å²) in [4.78, 5) is 4.78. The van der Waals surface area contributed by atoms with E-state index in [1.165, 1.54) is 28.8 Å². The van der Waals surface area contributed by atoms with Crippen LogP contribution in [0.4, 0.5) is 5.69 Å². The van der Waals surface area contributed by atoms with E-state index in [2.05, 4.69) is 56.1 Å². The summed E-state index contributed by atoms with van der Waals surface area (Å²) in [5, 5.41) is 0. The fraction of sp³-hybridized carbons (Fsp3) is 0.235. The van der Waals surface area contributed by atoms with Gasteiger partial charge in [-0.05, 0) is 74.4 Å². The molecule has 1 atom stereocenters. The number of hydrogen-bond donors (Lipinski definition) is 0. The van der Waals surface area contributed by atoms with Crippen molar-refractivity contribution in [1.82, 2.24) is 0 Å². The van der Waals surface area contributed by atoms with Gasteiger partial charge in [0.1, 0.15) is 12.0 Å². The van der Waals surface area contributed by atoms with E-state index in [0.29, 0.717) is 0 Å². The summed E-state index contributed by atoms with van der Waals surface area (Å²) in [5.41, 5.74) is 5.99. The largest absolute Gasteiger partial charge is 0.470 e.